The smallest absolute Gasteiger partial charge is 0.306 e. The van der Waals surface area contributed by atoms with E-state index < -0.39 is 12.1 Å². The van der Waals surface area contributed by atoms with E-state index in [2.05, 4.69) is 5.32 Å². The molecule has 1 aliphatic carbocycles. The number of hydrogen-bond donors (Lipinski definition) is 2. The van der Waals surface area contributed by atoms with Gasteiger partial charge in [-0.3, -0.25) is 9.59 Å². The van der Waals surface area contributed by atoms with Crippen molar-refractivity contribution in [1.82, 2.24) is 5.32 Å². The Hall–Kier alpha value is -1.75. The predicted molar refractivity (Wildman–Crippen MR) is 71.9 cm³/mol. The van der Waals surface area contributed by atoms with Crippen LogP contribution >= 0.6 is 11.6 Å². The first-order valence-corrected chi connectivity index (χ1v) is 6.89. The topological polar surface area (TPSA) is 75.6 Å². The minimum absolute atomic E-state index is 0.0560. The fourth-order valence-corrected chi connectivity index (χ4v) is 2.79. The van der Waals surface area contributed by atoms with Gasteiger partial charge in [0.1, 0.15) is 5.75 Å². The van der Waals surface area contributed by atoms with Crippen molar-refractivity contribution in [1.29, 1.82) is 0 Å². The number of carbonyl (C=O) groups is 2. The zero-order chi connectivity index (χ0) is 14.3. The number of rotatable bonds is 3. The number of hydrogen-bond acceptors (Lipinski definition) is 3. The average molecular weight is 296 g/mol. The van der Waals surface area contributed by atoms with Gasteiger partial charge in [0.2, 0.25) is 0 Å². The maximum absolute atomic E-state index is 12.1. The van der Waals surface area contributed by atoms with Gasteiger partial charge in [0.05, 0.1) is 5.92 Å². The molecular formula is C14H14ClNO4. The lowest BCUT2D eigenvalue weighted by Gasteiger charge is -2.33. The molecule has 1 aromatic rings. The third-order valence-electron chi connectivity index (χ3n) is 3.82. The van der Waals surface area contributed by atoms with Crippen molar-refractivity contribution >= 4 is 23.5 Å². The summed E-state index contributed by atoms with van der Waals surface area (Å²) in [5, 5.41) is 12.2. The summed E-state index contributed by atoms with van der Waals surface area (Å²) in [5.41, 5.74) is 0.926. The van der Waals surface area contributed by atoms with E-state index in [1.807, 2.05) is 0 Å². The largest absolute Gasteiger partial charge is 0.481 e. The molecule has 1 fully saturated rings. The van der Waals surface area contributed by atoms with Crippen molar-refractivity contribution in [3.63, 3.8) is 0 Å². The molecule has 2 N–H and O–H groups in total. The molecule has 1 unspecified atom stereocenters. The Morgan fingerprint density at radius 3 is 2.80 bits per heavy atom. The van der Waals surface area contributed by atoms with Crippen LogP contribution < -0.4 is 10.1 Å². The number of aliphatic carboxylic acids is 1. The fourth-order valence-electron chi connectivity index (χ4n) is 2.59. The lowest BCUT2D eigenvalue weighted by molar-refractivity contribution is -0.146. The third kappa shape index (κ3) is 2.45. The van der Waals surface area contributed by atoms with Crippen LogP contribution in [0, 0.1) is 5.92 Å². The van der Waals surface area contributed by atoms with Gasteiger partial charge in [0.25, 0.3) is 5.91 Å². The zero-order valence-electron chi connectivity index (χ0n) is 10.6. The van der Waals surface area contributed by atoms with E-state index in [0.29, 0.717) is 30.0 Å². The van der Waals surface area contributed by atoms with Crippen LogP contribution in [-0.2, 0) is 16.0 Å². The monoisotopic (exact) mass is 295 g/mol. The number of ether oxygens (including phenoxy) is 1. The molecule has 106 valence electrons. The Morgan fingerprint density at radius 1 is 1.35 bits per heavy atom. The number of carboxylic acid groups (broad SMARTS) is 1. The number of carbonyl (C=O) groups excluding carboxylic acids is 1. The zero-order valence-corrected chi connectivity index (χ0v) is 11.4. The summed E-state index contributed by atoms with van der Waals surface area (Å²) < 4.78 is 5.58. The highest BCUT2D eigenvalue weighted by atomic mass is 35.5. The molecule has 6 heteroatoms. The van der Waals surface area contributed by atoms with Gasteiger partial charge in [-0.2, -0.15) is 0 Å². The molecule has 1 amide bonds. The lowest BCUT2D eigenvalue weighted by Crippen LogP contribution is -2.50. The van der Waals surface area contributed by atoms with Gasteiger partial charge in [0, 0.05) is 17.5 Å². The van der Waals surface area contributed by atoms with Gasteiger partial charge < -0.3 is 15.2 Å². The molecule has 20 heavy (non-hydrogen) atoms. The Bertz CT molecular complexity index is 568. The second kappa shape index (κ2) is 4.98. The van der Waals surface area contributed by atoms with Gasteiger partial charge in [0.15, 0.2) is 6.10 Å². The van der Waals surface area contributed by atoms with E-state index >= 15 is 0 Å². The van der Waals surface area contributed by atoms with Gasteiger partial charge >= 0.3 is 5.97 Å². The second-order valence-electron chi connectivity index (χ2n) is 5.27. The Morgan fingerprint density at radius 2 is 2.10 bits per heavy atom. The molecule has 5 nitrogen and oxygen atoms in total. The molecule has 2 aliphatic rings. The first-order valence-electron chi connectivity index (χ1n) is 6.51. The summed E-state index contributed by atoms with van der Waals surface area (Å²) in [6, 6.07) is 5.23. The van der Waals surface area contributed by atoms with Crippen LogP contribution in [0.3, 0.4) is 0 Å². The number of nitrogens with one attached hydrogen (secondary N) is 1. The van der Waals surface area contributed by atoms with Crippen molar-refractivity contribution in [3.05, 3.63) is 28.8 Å². The number of fused-ring (bicyclic) bond motifs is 1. The standard InChI is InChI=1S/C14H14ClNO4/c15-9-1-2-11-7(3-9)6-12(20-11)13(17)16-10-4-8(5-10)14(18)19/h1-3,8,10,12H,4-6H2,(H,16,17)(H,18,19). The summed E-state index contributed by atoms with van der Waals surface area (Å²) in [5.74, 6) is -0.631. The van der Waals surface area contributed by atoms with Crippen molar-refractivity contribution < 1.29 is 19.4 Å². The van der Waals surface area contributed by atoms with E-state index in [4.69, 9.17) is 21.4 Å². The molecule has 1 saturated carbocycles. The van der Waals surface area contributed by atoms with E-state index in [9.17, 15) is 9.59 Å². The van der Waals surface area contributed by atoms with E-state index in [1.54, 1.807) is 18.2 Å². The van der Waals surface area contributed by atoms with Crippen LogP contribution in [0.2, 0.25) is 5.02 Å². The average Bonchev–Trinajstić information content (AvgIpc) is 2.75. The summed E-state index contributed by atoms with van der Waals surface area (Å²) in [6.45, 7) is 0. The van der Waals surface area contributed by atoms with Crippen molar-refractivity contribution in [2.75, 3.05) is 0 Å². The summed E-state index contributed by atoms with van der Waals surface area (Å²) in [6.07, 6.45) is 0.933. The Balaban J connectivity index is 1.54. The van der Waals surface area contributed by atoms with Gasteiger partial charge in [-0.05, 0) is 36.6 Å². The molecule has 1 aliphatic heterocycles. The van der Waals surface area contributed by atoms with E-state index in [-0.39, 0.29) is 17.9 Å². The molecule has 1 atom stereocenters. The van der Waals surface area contributed by atoms with Crippen molar-refractivity contribution in [2.45, 2.75) is 31.4 Å². The summed E-state index contributed by atoms with van der Waals surface area (Å²) in [7, 11) is 0. The maximum Gasteiger partial charge on any atom is 0.306 e. The third-order valence-corrected chi connectivity index (χ3v) is 4.06. The fraction of sp³-hybridized carbons (Fsp3) is 0.429. The highest BCUT2D eigenvalue weighted by Gasteiger charge is 2.37. The SMILES string of the molecule is O=C(O)C1CC(NC(=O)C2Cc3cc(Cl)ccc3O2)C1. The molecule has 1 aromatic carbocycles. The van der Waals surface area contributed by atoms with Crippen LogP contribution in [0.5, 0.6) is 5.75 Å². The summed E-state index contributed by atoms with van der Waals surface area (Å²) >= 11 is 5.90. The number of halogens is 1. The van der Waals surface area contributed by atoms with Crippen LogP contribution in [-0.4, -0.2) is 29.1 Å². The number of carboxylic acids is 1. The quantitative estimate of drug-likeness (QED) is 0.888. The molecule has 1 heterocycles. The predicted octanol–water partition coefficient (Wildman–Crippen LogP) is 1.62. The molecule has 0 radical (unpaired) electrons. The molecular weight excluding hydrogens is 282 g/mol. The van der Waals surface area contributed by atoms with Crippen LogP contribution in [0.1, 0.15) is 18.4 Å². The molecule has 0 aromatic heterocycles. The van der Waals surface area contributed by atoms with Crippen LogP contribution in [0.15, 0.2) is 18.2 Å². The first kappa shape index (κ1) is 13.2. The molecule has 3 rings (SSSR count). The minimum atomic E-state index is -0.797. The second-order valence-corrected chi connectivity index (χ2v) is 5.71. The summed E-state index contributed by atoms with van der Waals surface area (Å²) in [4.78, 5) is 22.8. The number of benzene rings is 1. The maximum atomic E-state index is 12.1. The van der Waals surface area contributed by atoms with Crippen LogP contribution in [0.25, 0.3) is 0 Å². The Kier molecular flexibility index (Phi) is 3.30. The molecule has 0 bridgehead atoms. The van der Waals surface area contributed by atoms with Crippen molar-refractivity contribution in [3.8, 4) is 5.75 Å². The first-order chi connectivity index (χ1) is 9.52. The highest BCUT2D eigenvalue weighted by Crippen LogP contribution is 2.32. The molecule has 0 spiro atoms. The number of amides is 1. The van der Waals surface area contributed by atoms with Gasteiger partial charge in [-0.25, -0.2) is 0 Å². The van der Waals surface area contributed by atoms with Crippen molar-refractivity contribution in [2.24, 2.45) is 5.92 Å². The lowest BCUT2D eigenvalue weighted by atomic mass is 9.80. The minimum Gasteiger partial charge on any atom is -0.481 e. The van der Waals surface area contributed by atoms with Gasteiger partial charge in [-0.1, -0.05) is 11.6 Å². The van der Waals surface area contributed by atoms with Gasteiger partial charge in [-0.15, -0.1) is 0 Å². The van der Waals surface area contributed by atoms with E-state index in [1.165, 1.54) is 0 Å². The normalized spacial score (nSPS) is 27.1. The Labute approximate surface area is 120 Å². The van der Waals surface area contributed by atoms with E-state index in [0.717, 1.165) is 5.56 Å². The van der Waals surface area contributed by atoms with Crippen LogP contribution in [0.4, 0.5) is 0 Å². The highest BCUT2D eigenvalue weighted by molar-refractivity contribution is 6.30. The molecule has 0 saturated heterocycles.